The monoisotopic (exact) mass is 323 g/mol. The molecule has 1 saturated heterocycles. The molecule has 1 aliphatic heterocycles. The first-order valence-electron chi connectivity index (χ1n) is 7.71. The third kappa shape index (κ3) is 3.35. The highest BCUT2D eigenvalue weighted by Crippen LogP contribution is 2.28. The first-order valence-corrected chi connectivity index (χ1v) is 8.69. The van der Waals surface area contributed by atoms with Gasteiger partial charge in [-0.2, -0.15) is 4.98 Å². The number of amides is 1. The number of rotatable bonds is 3. The Morgan fingerprint density at radius 1 is 1.36 bits per heavy atom. The number of morpholine rings is 1. The van der Waals surface area contributed by atoms with Crippen LogP contribution in [-0.2, 0) is 22.4 Å². The van der Waals surface area contributed by atoms with Gasteiger partial charge in [0.1, 0.15) is 5.03 Å². The van der Waals surface area contributed by atoms with E-state index in [1.807, 2.05) is 18.7 Å². The number of aromatic nitrogens is 2. The van der Waals surface area contributed by atoms with Crippen molar-refractivity contribution in [2.45, 2.75) is 50.3 Å². The maximum atomic E-state index is 12.4. The van der Waals surface area contributed by atoms with Gasteiger partial charge >= 0.3 is 5.69 Å². The second-order valence-corrected chi connectivity index (χ2v) is 6.97. The summed E-state index contributed by atoms with van der Waals surface area (Å²) in [6.07, 6.45) is 3.00. The number of H-pyrrole nitrogens is 1. The number of hydrogen-bond acceptors (Lipinski definition) is 5. The Morgan fingerprint density at radius 3 is 2.82 bits per heavy atom. The lowest BCUT2D eigenvalue weighted by atomic mass is 10.2. The van der Waals surface area contributed by atoms with Gasteiger partial charge in [-0.3, -0.25) is 4.79 Å². The predicted molar refractivity (Wildman–Crippen MR) is 84.2 cm³/mol. The van der Waals surface area contributed by atoms with Crippen LogP contribution < -0.4 is 5.69 Å². The van der Waals surface area contributed by atoms with Gasteiger partial charge in [-0.25, -0.2) is 4.79 Å². The van der Waals surface area contributed by atoms with Gasteiger partial charge in [0.15, 0.2) is 0 Å². The standard InChI is InChI=1S/C15H21N3O3S/c1-9-6-18(7-10(2)21-9)13(19)8-22-14-11-4-3-5-12(11)16-15(20)17-14/h9-10H,3-8H2,1-2H3,(H,16,17,20). The van der Waals surface area contributed by atoms with E-state index in [1.165, 1.54) is 11.8 Å². The zero-order chi connectivity index (χ0) is 15.7. The van der Waals surface area contributed by atoms with Gasteiger partial charge in [-0.1, -0.05) is 11.8 Å². The summed E-state index contributed by atoms with van der Waals surface area (Å²) in [6.45, 7) is 5.22. The lowest BCUT2D eigenvalue weighted by Crippen LogP contribution is -2.48. The number of aryl methyl sites for hydroxylation is 1. The third-order valence-electron chi connectivity index (χ3n) is 4.04. The fraction of sp³-hybridized carbons (Fsp3) is 0.667. The summed E-state index contributed by atoms with van der Waals surface area (Å²) >= 11 is 1.38. The molecule has 3 rings (SSSR count). The van der Waals surface area contributed by atoms with Crippen molar-refractivity contribution in [3.05, 3.63) is 21.7 Å². The average Bonchev–Trinajstić information content (AvgIpc) is 2.91. The molecule has 1 amide bonds. The van der Waals surface area contributed by atoms with Crippen LogP contribution in [0, 0.1) is 0 Å². The minimum atomic E-state index is -0.316. The molecule has 6 nitrogen and oxygen atoms in total. The summed E-state index contributed by atoms with van der Waals surface area (Å²) in [4.78, 5) is 32.7. The largest absolute Gasteiger partial charge is 0.372 e. The van der Waals surface area contributed by atoms with Crippen molar-refractivity contribution < 1.29 is 9.53 Å². The summed E-state index contributed by atoms with van der Waals surface area (Å²) in [7, 11) is 0. The Hall–Kier alpha value is -1.34. The molecule has 0 bridgehead atoms. The van der Waals surface area contributed by atoms with Crippen molar-refractivity contribution >= 4 is 17.7 Å². The number of aromatic amines is 1. The first kappa shape index (κ1) is 15.6. The molecule has 0 saturated carbocycles. The van der Waals surface area contributed by atoms with E-state index >= 15 is 0 Å². The van der Waals surface area contributed by atoms with Crippen molar-refractivity contribution in [3.8, 4) is 0 Å². The smallest absolute Gasteiger partial charge is 0.346 e. The van der Waals surface area contributed by atoms with E-state index < -0.39 is 0 Å². The molecule has 0 radical (unpaired) electrons. The number of nitrogens with zero attached hydrogens (tertiary/aromatic N) is 2. The Labute approximate surface area is 133 Å². The molecule has 22 heavy (non-hydrogen) atoms. The number of carbonyl (C=O) groups excluding carboxylic acids is 1. The summed E-state index contributed by atoms with van der Waals surface area (Å²) in [5.41, 5.74) is 1.79. The van der Waals surface area contributed by atoms with Crippen LogP contribution in [0.4, 0.5) is 0 Å². The van der Waals surface area contributed by atoms with Crippen LogP contribution in [0.15, 0.2) is 9.82 Å². The van der Waals surface area contributed by atoms with Gasteiger partial charge in [0.05, 0.1) is 18.0 Å². The second-order valence-electron chi connectivity index (χ2n) is 6.00. The highest BCUT2D eigenvalue weighted by atomic mass is 32.2. The minimum Gasteiger partial charge on any atom is -0.372 e. The average molecular weight is 323 g/mol. The molecule has 1 N–H and O–H groups in total. The quantitative estimate of drug-likeness (QED) is 0.663. The molecule has 1 aromatic rings. The van der Waals surface area contributed by atoms with Crippen molar-refractivity contribution in [3.63, 3.8) is 0 Å². The van der Waals surface area contributed by atoms with Crippen molar-refractivity contribution in [2.24, 2.45) is 0 Å². The van der Waals surface area contributed by atoms with E-state index in [4.69, 9.17) is 4.74 Å². The zero-order valence-corrected chi connectivity index (χ0v) is 13.7. The Kier molecular flexibility index (Phi) is 4.54. The van der Waals surface area contributed by atoms with E-state index in [0.29, 0.717) is 18.8 Å². The molecule has 2 aliphatic rings. The fourth-order valence-electron chi connectivity index (χ4n) is 3.16. The fourth-order valence-corrected chi connectivity index (χ4v) is 4.15. The van der Waals surface area contributed by atoms with Gasteiger partial charge in [0, 0.05) is 24.3 Å². The molecule has 0 spiro atoms. The molecular weight excluding hydrogens is 302 g/mol. The van der Waals surface area contributed by atoms with Crippen LogP contribution in [0.2, 0.25) is 0 Å². The van der Waals surface area contributed by atoms with Gasteiger partial charge in [0.25, 0.3) is 0 Å². The molecule has 2 heterocycles. The van der Waals surface area contributed by atoms with E-state index in [9.17, 15) is 9.59 Å². The van der Waals surface area contributed by atoms with E-state index in [2.05, 4.69) is 9.97 Å². The molecule has 2 atom stereocenters. The maximum absolute atomic E-state index is 12.4. The summed E-state index contributed by atoms with van der Waals surface area (Å²) in [6, 6.07) is 0. The van der Waals surface area contributed by atoms with Gasteiger partial charge < -0.3 is 14.6 Å². The third-order valence-corrected chi connectivity index (χ3v) is 5.04. The van der Waals surface area contributed by atoms with Gasteiger partial charge in [-0.15, -0.1) is 0 Å². The number of carbonyl (C=O) groups is 1. The van der Waals surface area contributed by atoms with Crippen LogP contribution in [0.3, 0.4) is 0 Å². The zero-order valence-electron chi connectivity index (χ0n) is 12.9. The molecule has 1 aliphatic carbocycles. The number of nitrogens with one attached hydrogen (secondary N) is 1. The number of ether oxygens (including phenoxy) is 1. The number of thioether (sulfide) groups is 1. The molecule has 0 aromatic carbocycles. The lowest BCUT2D eigenvalue weighted by Gasteiger charge is -2.35. The van der Waals surface area contributed by atoms with E-state index in [1.54, 1.807) is 0 Å². The van der Waals surface area contributed by atoms with Gasteiger partial charge in [0.2, 0.25) is 5.91 Å². The highest BCUT2D eigenvalue weighted by Gasteiger charge is 2.26. The Morgan fingerprint density at radius 2 is 2.09 bits per heavy atom. The van der Waals surface area contributed by atoms with Crippen LogP contribution >= 0.6 is 11.8 Å². The Bertz CT molecular complexity index is 621. The van der Waals surface area contributed by atoms with Crippen molar-refractivity contribution in [2.75, 3.05) is 18.8 Å². The van der Waals surface area contributed by atoms with Crippen LogP contribution in [0.25, 0.3) is 0 Å². The predicted octanol–water partition coefficient (Wildman–Crippen LogP) is 0.986. The number of fused-ring (bicyclic) bond motifs is 1. The molecule has 7 heteroatoms. The van der Waals surface area contributed by atoms with Gasteiger partial charge in [-0.05, 0) is 33.1 Å². The minimum absolute atomic E-state index is 0.0691. The van der Waals surface area contributed by atoms with Crippen molar-refractivity contribution in [1.29, 1.82) is 0 Å². The lowest BCUT2D eigenvalue weighted by molar-refractivity contribution is -0.140. The van der Waals surface area contributed by atoms with Crippen LogP contribution in [-0.4, -0.2) is 51.8 Å². The first-order chi connectivity index (χ1) is 10.5. The summed E-state index contributed by atoms with van der Waals surface area (Å²) in [5, 5.41) is 0.721. The SMILES string of the molecule is CC1CN(C(=O)CSc2nc(=O)[nH]c3c2CCC3)CC(C)O1. The number of hydrogen-bond donors (Lipinski definition) is 1. The van der Waals surface area contributed by atoms with Crippen molar-refractivity contribution in [1.82, 2.24) is 14.9 Å². The second kappa shape index (κ2) is 6.42. The summed E-state index contributed by atoms with van der Waals surface area (Å²) in [5.74, 6) is 0.406. The summed E-state index contributed by atoms with van der Waals surface area (Å²) < 4.78 is 5.65. The van der Waals surface area contributed by atoms with E-state index in [-0.39, 0.29) is 23.8 Å². The van der Waals surface area contributed by atoms with E-state index in [0.717, 1.165) is 35.5 Å². The normalized spacial score (nSPS) is 24.4. The molecule has 120 valence electrons. The maximum Gasteiger partial charge on any atom is 0.346 e. The highest BCUT2D eigenvalue weighted by molar-refractivity contribution is 7.99. The van der Waals surface area contributed by atoms with Crippen LogP contribution in [0.5, 0.6) is 0 Å². The Balaban J connectivity index is 1.65. The molecular formula is C15H21N3O3S. The molecule has 2 unspecified atom stereocenters. The molecule has 1 aromatic heterocycles. The molecule has 1 fully saturated rings. The van der Waals surface area contributed by atoms with Crippen LogP contribution in [0.1, 0.15) is 31.5 Å². The topological polar surface area (TPSA) is 75.3 Å².